The van der Waals surface area contributed by atoms with Crippen molar-refractivity contribution in [3.63, 3.8) is 0 Å². The zero-order valence-corrected chi connectivity index (χ0v) is 34.6. The Morgan fingerprint density at radius 3 is 1.53 bits per heavy atom. The summed E-state index contributed by atoms with van der Waals surface area (Å²) in [5.74, 6) is -0.996. The largest absolute Gasteiger partial charge is 0.472 e. The van der Waals surface area contributed by atoms with Crippen LogP contribution in [0.3, 0.4) is 0 Å². The fourth-order valence-electron chi connectivity index (χ4n) is 5.81. The number of rotatable bonds is 40. The van der Waals surface area contributed by atoms with Crippen LogP contribution in [0, 0.1) is 0 Å². The van der Waals surface area contributed by atoms with Crippen molar-refractivity contribution in [1.29, 1.82) is 0 Å². The number of ether oxygens (including phenoxy) is 2. The molecular weight excluding hydrogens is 695 g/mol. The minimum Gasteiger partial charge on any atom is -0.462 e. The maximum Gasteiger partial charge on any atom is 0.472 e. The van der Waals surface area contributed by atoms with Crippen molar-refractivity contribution in [1.82, 2.24) is 0 Å². The van der Waals surface area contributed by atoms with E-state index in [-0.39, 0.29) is 19.4 Å². The molecule has 0 aromatic rings. The number of hydrogen-bond donors (Lipinski definition) is 3. The van der Waals surface area contributed by atoms with Gasteiger partial charge in [0.15, 0.2) is 6.10 Å². The molecule has 0 rings (SSSR count). The van der Waals surface area contributed by atoms with E-state index in [2.05, 4.69) is 30.5 Å². The van der Waals surface area contributed by atoms with Crippen LogP contribution in [0.2, 0.25) is 0 Å². The van der Waals surface area contributed by atoms with Crippen molar-refractivity contribution in [3.05, 3.63) is 24.3 Å². The van der Waals surface area contributed by atoms with Gasteiger partial charge in [0.25, 0.3) is 0 Å². The number of carbonyl (C=O) groups excluding carboxylic acids is 2. The third-order valence-corrected chi connectivity index (χ3v) is 10.1. The summed E-state index contributed by atoms with van der Waals surface area (Å²) in [7, 11) is -4.62. The average Bonchev–Trinajstić information content (AvgIpc) is 3.14. The SMILES string of the molecule is CCCCCCCC/C=C/C/C=C/CCC(=O)OC(COC(=O)CCCCCCCCCCCCCCCCCCC)COP(=O)(O)OC[C@@H](O)CO. The van der Waals surface area contributed by atoms with E-state index in [1.807, 2.05) is 12.2 Å². The Bertz CT molecular complexity index is 941. The van der Waals surface area contributed by atoms with Gasteiger partial charge < -0.3 is 24.6 Å². The summed E-state index contributed by atoms with van der Waals surface area (Å²) in [5.41, 5.74) is 0. The summed E-state index contributed by atoms with van der Waals surface area (Å²) in [4.78, 5) is 34.9. The van der Waals surface area contributed by atoms with E-state index in [1.54, 1.807) is 0 Å². The van der Waals surface area contributed by atoms with Crippen molar-refractivity contribution in [2.75, 3.05) is 26.4 Å². The van der Waals surface area contributed by atoms with Crippen LogP contribution in [0.15, 0.2) is 24.3 Å². The number of esters is 2. The number of phosphoric ester groups is 1. The number of aliphatic hydroxyl groups is 2. The summed E-state index contributed by atoms with van der Waals surface area (Å²) in [6, 6.07) is 0. The molecule has 0 spiro atoms. The number of carbonyl (C=O) groups is 2. The highest BCUT2D eigenvalue weighted by Gasteiger charge is 2.27. The second kappa shape index (κ2) is 38.7. The Balaban J connectivity index is 4.32. The van der Waals surface area contributed by atoms with Crippen LogP contribution in [0.5, 0.6) is 0 Å². The molecule has 0 fully saturated rings. The highest BCUT2D eigenvalue weighted by Crippen LogP contribution is 2.43. The fraction of sp³-hybridized carbons (Fsp3) is 0.857. The third kappa shape index (κ3) is 38.5. The lowest BCUT2D eigenvalue weighted by atomic mass is 10.0. The maximum atomic E-state index is 12.5. The smallest absolute Gasteiger partial charge is 0.462 e. The van der Waals surface area contributed by atoms with Crippen LogP contribution >= 0.6 is 7.82 Å². The molecule has 3 atom stereocenters. The highest BCUT2D eigenvalue weighted by atomic mass is 31.2. The second-order valence-corrected chi connectivity index (χ2v) is 15.8. The Morgan fingerprint density at radius 1 is 0.566 bits per heavy atom. The van der Waals surface area contributed by atoms with E-state index in [1.165, 1.54) is 122 Å². The van der Waals surface area contributed by atoms with Gasteiger partial charge in [-0.25, -0.2) is 4.57 Å². The van der Waals surface area contributed by atoms with Crippen LogP contribution in [0.4, 0.5) is 0 Å². The predicted molar refractivity (Wildman–Crippen MR) is 215 cm³/mol. The summed E-state index contributed by atoms with van der Waals surface area (Å²) in [5, 5.41) is 18.3. The summed E-state index contributed by atoms with van der Waals surface area (Å²) >= 11 is 0. The molecular formula is C42H79O10P. The van der Waals surface area contributed by atoms with Gasteiger partial charge in [-0.15, -0.1) is 0 Å². The highest BCUT2D eigenvalue weighted by molar-refractivity contribution is 7.47. The maximum absolute atomic E-state index is 12.5. The topological polar surface area (TPSA) is 149 Å². The van der Waals surface area contributed by atoms with Gasteiger partial charge in [0.05, 0.1) is 19.8 Å². The third-order valence-electron chi connectivity index (χ3n) is 9.12. The van der Waals surface area contributed by atoms with Gasteiger partial charge in [-0.3, -0.25) is 18.6 Å². The molecule has 10 nitrogen and oxygen atoms in total. The van der Waals surface area contributed by atoms with E-state index in [0.29, 0.717) is 12.8 Å². The van der Waals surface area contributed by atoms with Crippen LogP contribution in [-0.4, -0.2) is 65.7 Å². The number of aliphatic hydroxyl groups excluding tert-OH is 2. The lowest BCUT2D eigenvalue weighted by Gasteiger charge is -2.20. The minimum absolute atomic E-state index is 0.0810. The second-order valence-electron chi connectivity index (χ2n) is 14.4. The van der Waals surface area contributed by atoms with Crippen molar-refractivity contribution in [2.45, 2.75) is 206 Å². The predicted octanol–water partition coefficient (Wildman–Crippen LogP) is 11.0. The van der Waals surface area contributed by atoms with Crippen LogP contribution < -0.4 is 0 Å². The molecule has 0 bridgehead atoms. The molecule has 11 heteroatoms. The molecule has 53 heavy (non-hydrogen) atoms. The Kier molecular flexibility index (Phi) is 37.6. The molecule has 0 aromatic carbocycles. The first-order valence-corrected chi connectivity index (χ1v) is 22.8. The van der Waals surface area contributed by atoms with Crippen molar-refractivity contribution < 1.29 is 47.8 Å². The van der Waals surface area contributed by atoms with Gasteiger partial charge in [-0.1, -0.05) is 173 Å². The van der Waals surface area contributed by atoms with Gasteiger partial charge in [-0.05, 0) is 32.1 Å². The molecule has 0 radical (unpaired) electrons. The lowest BCUT2D eigenvalue weighted by Crippen LogP contribution is -2.29. The molecule has 0 aliphatic rings. The summed E-state index contributed by atoms with van der Waals surface area (Å²) in [6.45, 7) is 2.32. The normalized spacial score (nSPS) is 14.1. The van der Waals surface area contributed by atoms with Gasteiger partial charge in [-0.2, -0.15) is 0 Å². The van der Waals surface area contributed by atoms with E-state index < -0.39 is 51.8 Å². The average molecular weight is 775 g/mol. The van der Waals surface area contributed by atoms with Gasteiger partial charge >= 0.3 is 19.8 Å². The molecule has 0 amide bonds. The monoisotopic (exact) mass is 775 g/mol. The quantitative estimate of drug-likeness (QED) is 0.0238. The summed E-state index contributed by atoms with van der Waals surface area (Å²) in [6.07, 6.45) is 37.3. The summed E-state index contributed by atoms with van der Waals surface area (Å²) < 4.78 is 32.6. The van der Waals surface area contributed by atoms with Crippen LogP contribution in [-0.2, 0) is 32.7 Å². The van der Waals surface area contributed by atoms with Gasteiger partial charge in [0, 0.05) is 12.8 Å². The van der Waals surface area contributed by atoms with Crippen molar-refractivity contribution >= 4 is 19.8 Å². The Morgan fingerprint density at radius 2 is 1.02 bits per heavy atom. The first-order valence-electron chi connectivity index (χ1n) is 21.3. The first kappa shape index (κ1) is 51.5. The van der Waals surface area contributed by atoms with Crippen LogP contribution in [0.1, 0.15) is 194 Å². The first-order chi connectivity index (χ1) is 25.7. The molecule has 2 unspecified atom stereocenters. The minimum atomic E-state index is -4.62. The molecule has 0 heterocycles. The van der Waals surface area contributed by atoms with E-state index in [4.69, 9.17) is 19.1 Å². The number of unbranched alkanes of at least 4 members (excludes halogenated alkanes) is 22. The van der Waals surface area contributed by atoms with Crippen LogP contribution in [0.25, 0.3) is 0 Å². The van der Waals surface area contributed by atoms with Gasteiger partial charge in [0.2, 0.25) is 0 Å². The molecule has 0 aliphatic carbocycles. The number of hydrogen-bond acceptors (Lipinski definition) is 9. The molecule has 0 aromatic heterocycles. The van der Waals surface area contributed by atoms with Gasteiger partial charge in [0.1, 0.15) is 12.7 Å². The lowest BCUT2D eigenvalue weighted by molar-refractivity contribution is -0.161. The Labute approximate surface area is 323 Å². The molecule has 0 saturated heterocycles. The van der Waals surface area contributed by atoms with Crippen molar-refractivity contribution in [2.24, 2.45) is 0 Å². The van der Waals surface area contributed by atoms with E-state index in [9.17, 15) is 24.2 Å². The van der Waals surface area contributed by atoms with Crippen molar-refractivity contribution in [3.8, 4) is 0 Å². The standard InChI is InChI=1S/C42H79O10P/c1-3-5-7-9-11-13-15-17-18-19-20-22-23-25-27-29-31-33-41(45)49-37-40(38-51-53(47,48)50-36-39(44)35-43)52-42(46)34-32-30-28-26-24-21-16-14-12-10-8-6-4-2/h21,24,28,30,39-40,43-44H,3-20,22-23,25-27,29,31-38H2,1-2H3,(H,47,48)/b24-21+,30-28+/t39-,40?/m0/s1. The zero-order valence-electron chi connectivity index (χ0n) is 33.7. The molecule has 0 aliphatic heterocycles. The number of allylic oxidation sites excluding steroid dienone is 4. The Hall–Kier alpha value is -1.55. The fourth-order valence-corrected chi connectivity index (χ4v) is 6.60. The number of phosphoric acid groups is 1. The molecule has 0 saturated carbocycles. The van der Waals surface area contributed by atoms with E-state index >= 15 is 0 Å². The molecule has 3 N–H and O–H groups in total. The zero-order chi connectivity index (χ0) is 39.1. The van der Waals surface area contributed by atoms with E-state index in [0.717, 1.165) is 32.1 Å². The molecule has 312 valence electrons.